The van der Waals surface area contributed by atoms with Gasteiger partial charge in [-0.05, 0) is 66.8 Å². The first-order valence-corrected chi connectivity index (χ1v) is 11.9. The number of nitrogens with one attached hydrogen (secondary N) is 2. The van der Waals surface area contributed by atoms with E-state index in [0.29, 0.717) is 42.8 Å². The second-order valence-electron chi connectivity index (χ2n) is 7.33. The molecule has 0 aliphatic carbocycles. The smallest absolute Gasteiger partial charge is 0.171 e. The Morgan fingerprint density at radius 1 is 1.03 bits per heavy atom. The fourth-order valence-corrected chi connectivity index (χ4v) is 4.22. The SMILES string of the molecule is COc1ccc(NC(=S)NCc2nn(-c3ccc(Cl)cc3Cl)c(-c3ccc(Cl)cc3)c2C#N)cc1. The van der Waals surface area contributed by atoms with Crippen molar-refractivity contribution in [2.24, 2.45) is 0 Å². The molecule has 0 fully saturated rings. The molecule has 0 amide bonds. The van der Waals surface area contributed by atoms with Gasteiger partial charge < -0.3 is 15.4 Å². The first kappa shape index (κ1) is 24.8. The summed E-state index contributed by atoms with van der Waals surface area (Å²) in [5.41, 5.74) is 3.61. The fourth-order valence-electron chi connectivity index (χ4n) is 3.42. The van der Waals surface area contributed by atoms with Crippen molar-refractivity contribution in [2.45, 2.75) is 6.54 Å². The van der Waals surface area contributed by atoms with Crippen LogP contribution in [0.5, 0.6) is 5.75 Å². The van der Waals surface area contributed by atoms with E-state index in [2.05, 4.69) is 16.7 Å². The minimum atomic E-state index is 0.212. The van der Waals surface area contributed by atoms with Gasteiger partial charge in [0.25, 0.3) is 0 Å². The molecule has 4 rings (SSSR count). The highest BCUT2D eigenvalue weighted by Crippen LogP contribution is 2.33. The van der Waals surface area contributed by atoms with Crippen LogP contribution >= 0.6 is 47.0 Å². The van der Waals surface area contributed by atoms with Crippen LogP contribution < -0.4 is 15.4 Å². The number of methoxy groups -OCH3 is 1. The highest BCUT2D eigenvalue weighted by Gasteiger charge is 2.22. The Bertz CT molecular complexity index is 1410. The van der Waals surface area contributed by atoms with E-state index in [9.17, 15) is 5.26 Å². The van der Waals surface area contributed by atoms with E-state index < -0.39 is 0 Å². The number of hydrogen-bond acceptors (Lipinski definition) is 4. The van der Waals surface area contributed by atoms with Gasteiger partial charge >= 0.3 is 0 Å². The molecule has 0 spiro atoms. The first-order valence-electron chi connectivity index (χ1n) is 10.3. The number of anilines is 1. The van der Waals surface area contributed by atoms with Gasteiger partial charge in [0.05, 0.1) is 30.1 Å². The second kappa shape index (κ2) is 11.0. The van der Waals surface area contributed by atoms with Gasteiger partial charge in [0.15, 0.2) is 5.11 Å². The van der Waals surface area contributed by atoms with Crippen molar-refractivity contribution >= 4 is 57.8 Å². The summed E-state index contributed by atoms with van der Waals surface area (Å²) in [6, 6.07) is 21.9. The number of nitriles is 1. The zero-order chi connectivity index (χ0) is 24.9. The average Bonchev–Trinajstić information content (AvgIpc) is 3.22. The van der Waals surface area contributed by atoms with Gasteiger partial charge in [0.1, 0.15) is 23.1 Å². The van der Waals surface area contributed by atoms with Crippen LogP contribution in [0.3, 0.4) is 0 Å². The third kappa shape index (κ3) is 5.69. The molecular formula is C25H18Cl3N5OS. The van der Waals surface area contributed by atoms with E-state index in [1.165, 1.54) is 0 Å². The number of hydrogen-bond donors (Lipinski definition) is 2. The Balaban J connectivity index is 1.67. The molecule has 1 aromatic heterocycles. The number of nitrogens with zero attached hydrogens (tertiary/aromatic N) is 3. The predicted molar refractivity (Wildman–Crippen MR) is 145 cm³/mol. The lowest BCUT2D eigenvalue weighted by molar-refractivity contribution is 0.415. The van der Waals surface area contributed by atoms with Crippen LogP contribution in [-0.4, -0.2) is 22.0 Å². The maximum absolute atomic E-state index is 10.1. The monoisotopic (exact) mass is 541 g/mol. The fraction of sp³-hybridized carbons (Fsp3) is 0.0800. The molecule has 176 valence electrons. The summed E-state index contributed by atoms with van der Waals surface area (Å²) in [5.74, 6) is 0.745. The van der Waals surface area contributed by atoms with Crippen LogP contribution in [0.25, 0.3) is 16.9 Å². The molecule has 2 N–H and O–H groups in total. The van der Waals surface area contributed by atoms with Crippen LogP contribution in [0.4, 0.5) is 5.69 Å². The van der Waals surface area contributed by atoms with Crippen LogP contribution in [0, 0.1) is 11.3 Å². The molecule has 0 aliphatic rings. The summed E-state index contributed by atoms with van der Waals surface area (Å²) >= 11 is 24.1. The number of aromatic nitrogens is 2. The van der Waals surface area contributed by atoms with Gasteiger partial charge in [-0.2, -0.15) is 10.4 Å². The summed E-state index contributed by atoms with van der Waals surface area (Å²) in [6.07, 6.45) is 0. The lowest BCUT2D eigenvalue weighted by atomic mass is 10.1. The summed E-state index contributed by atoms with van der Waals surface area (Å²) < 4.78 is 6.81. The molecule has 0 saturated carbocycles. The van der Waals surface area contributed by atoms with Crippen molar-refractivity contribution in [2.75, 3.05) is 12.4 Å². The van der Waals surface area contributed by atoms with Crippen LogP contribution in [0.1, 0.15) is 11.3 Å². The Morgan fingerprint density at radius 3 is 2.34 bits per heavy atom. The summed E-state index contributed by atoms with van der Waals surface area (Å²) in [7, 11) is 1.61. The van der Waals surface area contributed by atoms with Crippen molar-refractivity contribution in [1.82, 2.24) is 15.1 Å². The van der Waals surface area contributed by atoms with Crippen molar-refractivity contribution < 1.29 is 4.74 Å². The second-order valence-corrected chi connectivity index (χ2v) is 9.02. The van der Waals surface area contributed by atoms with Gasteiger partial charge in [-0.25, -0.2) is 4.68 Å². The molecular weight excluding hydrogens is 525 g/mol. The molecule has 0 radical (unpaired) electrons. The standard InChI is InChI=1S/C25H18Cl3N5OS/c1-34-19-9-7-18(8-10-19)31-25(35)30-14-22-20(13-29)24(15-2-4-16(26)5-3-15)33(32-22)23-11-6-17(27)12-21(23)28/h2-12H,14H2,1H3,(H2,30,31,35). The Kier molecular flexibility index (Phi) is 7.79. The molecule has 4 aromatic rings. The van der Waals surface area contributed by atoms with Crippen LogP contribution in [-0.2, 0) is 6.54 Å². The molecule has 6 nitrogen and oxygen atoms in total. The third-order valence-electron chi connectivity index (χ3n) is 5.09. The van der Waals surface area contributed by atoms with E-state index in [4.69, 9.17) is 56.9 Å². The Hall–Kier alpha value is -3.28. The maximum atomic E-state index is 10.1. The minimum Gasteiger partial charge on any atom is -0.497 e. The number of benzene rings is 3. The largest absolute Gasteiger partial charge is 0.497 e. The number of thiocarbonyl (C=S) groups is 1. The van der Waals surface area contributed by atoms with Gasteiger partial charge in [0, 0.05) is 21.3 Å². The lowest BCUT2D eigenvalue weighted by Gasteiger charge is -2.10. The normalized spacial score (nSPS) is 10.5. The van der Waals surface area contributed by atoms with E-state index in [1.54, 1.807) is 42.1 Å². The summed E-state index contributed by atoms with van der Waals surface area (Å²) in [4.78, 5) is 0. The van der Waals surface area contributed by atoms with Crippen molar-refractivity contribution in [1.29, 1.82) is 5.26 Å². The van der Waals surface area contributed by atoms with E-state index in [1.807, 2.05) is 36.4 Å². The zero-order valence-electron chi connectivity index (χ0n) is 18.3. The molecule has 0 atom stereocenters. The molecule has 35 heavy (non-hydrogen) atoms. The molecule has 0 unspecified atom stereocenters. The highest BCUT2D eigenvalue weighted by atomic mass is 35.5. The van der Waals surface area contributed by atoms with Gasteiger partial charge in [0.2, 0.25) is 0 Å². The third-order valence-corrected chi connectivity index (χ3v) is 6.13. The zero-order valence-corrected chi connectivity index (χ0v) is 21.4. The maximum Gasteiger partial charge on any atom is 0.171 e. The first-order chi connectivity index (χ1) is 16.9. The Labute approximate surface area is 223 Å². The van der Waals surface area contributed by atoms with Crippen LogP contribution in [0.15, 0.2) is 66.7 Å². The Morgan fingerprint density at radius 2 is 1.71 bits per heavy atom. The molecule has 1 heterocycles. The van der Waals surface area contributed by atoms with Crippen molar-refractivity contribution in [3.05, 3.63) is 93.1 Å². The predicted octanol–water partition coefficient (Wildman–Crippen LogP) is 6.87. The van der Waals surface area contributed by atoms with E-state index >= 15 is 0 Å². The van der Waals surface area contributed by atoms with Crippen molar-refractivity contribution in [3.63, 3.8) is 0 Å². The molecule has 0 aliphatic heterocycles. The number of rotatable bonds is 6. The average molecular weight is 543 g/mol. The quantitative estimate of drug-likeness (QED) is 0.259. The number of ether oxygens (including phenoxy) is 1. The lowest BCUT2D eigenvalue weighted by Crippen LogP contribution is -2.28. The molecule has 10 heteroatoms. The topological polar surface area (TPSA) is 74.9 Å². The van der Waals surface area contributed by atoms with Crippen LogP contribution in [0.2, 0.25) is 15.1 Å². The van der Waals surface area contributed by atoms with Crippen molar-refractivity contribution in [3.8, 4) is 28.8 Å². The molecule has 0 bridgehead atoms. The summed E-state index contributed by atoms with van der Waals surface area (Å²) in [5, 5.41) is 22.9. The highest BCUT2D eigenvalue weighted by molar-refractivity contribution is 7.80. The van der Waals surface area contributed by atoms with Gasteiger partial charge in [-0.1, -0.05) is 46.9 Å². The molecule has 3 aromatic carbocycles. The van der Waals surface area contributed by atoms with Gasteiger partial charge in [-0.15, -0.1) is 0 Å². The molecule has 0 saturated heterocycles. The number of halogens is 3. The van der Waals surface area contributed by atoms with E-state index in [0.717, 1.165) is 17.0 Å². The van der Waals surface area contributed by atoms with E-state index in [-0.39, 0.29) is 6.54 Å². The summed E-state index contributed by atoms with van der Waals surface area (Å²) in [6.45, 7) is 0.212. The van der Waals surface area contributed by atoms with Gasteiger partial charge in [-0.3, -0.25) is 0 Å². The minimum absolute atomic E-state index is 0.212.